The van der Waals surface area contributed by atoms with Crippen molar-refractivity contribution in [3.8, 4) is 0 Å². The summed E-state index contributed by atoms with van der Waals surface area (Å²) < 4.78 is 56.3. The van der Waals surface area contributed by atoms with Crippen molar-refractivity contribution >= 4 is 41.3 Å². The van der Waals surface area contributed by atoms with E-state index in [4.69, 9.17) is 22.4 Å². The molecular weight excluding hydrogens is 518 g/mol. The fourth-order valence-electron chi connectivity index (χ4n) is 4.43. The Morgan fingerprint density at radius 1 is 1.19 bits per heavy atom. The highest BCUT2D eigenvalue weighted by molar-refractivity contribution is 6.34. The van der Waals surface area contributed by atoms with E-state index in [1.807, 2.05) is 0 Å². The Labute approximate surface area is 213 Å². The van der Waals surface area contributed by atoms with Gasteiger partial charge in [-0.15, -0.1) is 0 Å². The molecule has 2 aromatic carbocycles. The van der Waals surface area contributed by atoms with Crippen LogP contribution in [0.1, 0.15) is 51.1 Å². The molecule has 0 bridgehead atoms. The number of aromatic carboxylic acids is 1. The number of aliphatic imine (C=N–C) groups is 1. The van der Waals surface area contributed by atoms with E-state index in [2.05, 4.69) is 4.99 Å². The lowest BCUT2D eigenvalue weighted by Gasteiger charge is -2.28. The first-order valence-electron chi connectivity index (χ1n) is 11.1. The summed E-state index contributed by atoms with van der Waals surface area (Å²) in [7, 11) is 0. The molecular formula is C25H20ClF4N3O4. The van der Waals surface area contributed by atoms with Crippen molar-refractivity contribution in [3.05, 3.63) is 75.1 Å². The zero-order valence-electron chi connectivity index (χ0n) is 19.1. The van der Waals surface area contributed by atoms with Crippen LogP contribution in [-0.2, 0) is 10.2 Å². The number of amides is 2. The number of hydrogen-bond acceptors (Lipinski definition) is 4. The number of carbonyl (C=O) groups excluding carboxylic acids is 2. The molecule has 1 aliphatic heterocycles. The molecule has 0 aromatic heterocycles. The summed E-state index contributed by atoms with van der Waals surface area (Å²) >= 11 is 6.18. The van der Waals surface area contributed by atoms with E-state index >= 15 is 0 Å². The number of carboxylic acids is 1. The number of rotatable bonds is 5. The molecule has 0 spiro atoms. The highest BCUT2D eigenvalue weighted by Gasteiger charge is 2.65. The lowest BCUT2D eigenvalue weighted by molar-refractivity contribution is -0.160. The number of nitrogens with two attached hydrogens (primary N) is 1. The molecule has 2 fully saturated rings. The van der Waals surface area contributed by atoms with Crippen molar-refractivity contribution in [2.75, 3.05) is 13.1 Å². The Kier molecular flexibility index (Phi) is 6.85. The molecule has 1 heterocycles. The zero-order valence-corrected chi connectivity index (χ0v) is 19.9. The third-order valence-corrected chi connectivity index (χ3v) is 6.92. The first-order chi connectivity index (χ1) is 17.4. The summed E-state index contributed by atoms with van der Waals surface area (Å²) in [6, 6.07) is 6.92. The van der Waals surface area contributed by atoms with Gasteiger partial charge in [0, 0.05) is 23.4 Å². The van der Waals surface area contributed by atoms with E-state index in [1.165, 1.54) is 29.2 Å². The van der Waals surface area contributed by atoms with Crippen molar-refractivity contribution in [2.24, 2.45) is 10.7 Å². The predicted molar refractivity (Wildman–Crippen MR) is 127 cm³/mol. The molecule has 2 aromatic rings. The minimum atomic E-state index is -4.60. The van der Waals surface area contributed by atoms with Gasteiger partial charge < -0.3 is 15.7 Å². The monoisotopic (exact) mass is 537 g/mol. The Morgan fingerprint density at radius 2 is 1.89 bits per heavy atom. The summed E-state index contributed by atoms with van der Waals surface area (Å²) in [6.07, 6.45) is -4.42. The number of hydrogen-bond donors (Lipinski definition) is 2. The van der Waals surface area contributed by atoms with Crippen molar-refractivity contribution in [1.82, 2.24) is 4.90 Å². The molecule has 37 heavy (non-hydrogen) atoms. The Bertz CT molecular complexity index is 1370. The third-order valence-electron chi connectivity index (χ3n) is 6.60. The fourth-order valence-corrected chi connectivity index (χ4v) is 4.68. The van der Waals surface area contributed by atoms with E-state index in [-0.39, 0.29) is 71.0 Å². The first-order valence-corrected chi connectivity index (χ1v) is 11.5. The average molecular weight is 538 g/mol. The summed E-state index contributed by atoms with van der Waals surface area (Å²) in [6.45, 7) is -0.0413. The predicted octanol–water partition coefficient (Wildman–Crippen LogP) is 4.58. The van der Waals surface area contributed by atoms with Gasteiger partial charge in [-0.2, -0.15) is 13.2 Å². The number of benzene rings is 2. The van der Waals surface area contributed by atoms with Gasteiger partial charge in [0.25, 0.3) is 5.91 Å². The second-order valence-electron chi connectivity index (χ2n) is 8.82. The Morgan fingerprint density at radius 3 is 2.46 bits per heavy atom. The van der Waals surface area contributed by atoms with Gasteiger partial charge in [0.05, 0.1) is 33.8 Å². The van der Waals surface area contributed by atoms with Crippen LogP contribution < -0.4 is 5.73 Å². The van der Waals surface area contributed by atoms with Gasteiger partial charge in [0.1, 0.15) is 5.82 Å². The number of carboxylic acid groups (broad SMARTS) is 1. The lowest BCUT2D eigenvalue weighted by Crippen LogP contribution is -2.37. The zero-order chi connectivity index (χ0) is 27.1. The van der Waals surface area contributed by atoms with Crippen LogP contribution in [0.5, 0.6) is 0 Å². The largest absolute Gasteiger partial charge is 0.478 e. The van der Waals surface area contributed by atoms with E-state index < -0.39 is 34.8 Å². The summed E-state index contributed by atoms with van der Waals surface area (Å²) in [5, 5.41) is 8.85. The maximum Gasteiger partial charge on any atom is 0.398 e. The van der Waals surface area contributed by atoms with Crippen LogP contribution in [0.15, 0.2) is 47.0 Å². The molecule has 0 unspecified atom stereocenters. The van der Waals surface area contributed by atoms with Gasteiger partial charge in [0.2, 0.25) is 6.41 Å². The Balaban J connectivity index is 1.82. The van der Waals surface area contributed by atoms with Crippen molar-refractivity contribution in [2.45, 2.75) is 30.9 Å². The van der Waals surface area contributed by atoms with Gasteiger partial charge in [-0.3, -0.25) is 9.59 Å². The molecule has 0 atom stereocenters. The van der Waals surface area contributed by atoms with Crippen LogP contribution in [0.2, 0.25) is 5.02 Å². The van der Waals surface area contributed by atoms with Gasteiger partial charge in [-0.1, -0.05) is 23.7 Å². The third kappa shape index (κ3) is 4.83. The molecule has 1 aliphatic carbocycles. The molecule has 1 saturated heterocycles. The number of carbonyl (C=O) groups is 3. The van der Waals surface area contributed by atoms with E-state index in [9.17, 15) is 31.9 Å². The van der Waals surface area contributed by atoms with Crippen LogP contribution in [0.4, 0.5) is 17.6 Å². The van der Waals surface area contributed by atoms with Crippen molar-refractivity contribution in [3.63, 3.8) is 0 Å². The van der Waals surface area contributed by atoms with Crippen LogP contribution in [0, 0.1) is 5.82 Å². The molecule has 0 radical (unpaired) electrons. The van der Waals surface area contributed by atoms with E-state index in [0.717, 1.165) is 12.1 Å². The van der Waals surface area contributed by atoms with Crippen LogP contribution in [0.25, 0.3) is 5.70 Å². The first kappa shape index (κ1) is 26.3. The van der Waals surface area contributed by atoms with Gasteiger partial charge in [-0.25, -0.2) is 14.2 Å². The minimum Gasteiger partial charge on any atom is -0.478 e. The van der Waals surface area contributed by atoms with Crippen LogP contribution in [0.3, 0.4) is 0 Å². The Hall–Kier alpha value is -3.73. The molecule has 3 N–H and O–H groups in total. The summed E-state index contributed by atoms with van der Waals surface area (Å²) in [4.78, 5) is 41.1. The fraction of sp³-hybridized carbons (Fsp3) is 0.280. The molecule has 2 aliphatic rings. The normalized spacial score (nSPS) is 19.5. The highest BCUT2D eigenvalue weighted by atomic mass is 35.5. The molecule has 4 rings (SSSR count). The highest BCUT2D eigenvalue weighted by Crippen LogP contribution is 2.60. The lowest BCUT2D eigenvalue weighted by atomic mass is 9.90. The smallest absolute Gasteiger partial charge is 0.398 e. The second-order valence-corrected chi connectivity index (χ2v) is 9.23. The standard InChI is InChI=1S/C25H20ClF4N3O4/c26-17-3-1-2-16(24(7-8-24)25(28,29)30)20(17)22(35)32-19-11-33(12-34)9-6-15(19)21(31)14-5-4-13(23(36)37)10-18(14)27/h1-5,10,12H,6-9,11,31H2,(H,36,37). The molecule has 2 amide bonds. The van der Waals surface area contributed by atoms with E-state index in [0.29, 0.717) is 6.41 Å². The minimum absolute atomic E-state index is 0.0368. The van der Waals surface area contributed by atoms with Crippen LogP contribution >= 0.6 is 11.6 Å². The number of nitrogens with zero attached hydrogens (tertiary/aromatic N) is 2. The maximum absolute atomic E-state index is 14.7. The molecule has 194 valence electrons. The molecule has 7 nitrogen and oxygen atoms in total. The molecule has 1 saturated carbocycles. The van der Waals surface area contributed by atoms with Crippen molar-refractivity contribution in [1.29, 1.82) is 0 Å². The number of piperidine rings is 1. The maximum atomic E-state index is 14.7. The number of alkyl halides is 3. The second kappa shape index (κ2) is 9.62. The van der Waals surface area contributed by atoms with E-state index in [1.54, 1.807) is 0 Å². The summed E-state index contributed by atoms with van der Waals surface area (Å²) in [5.74, 6) is -3.32. The van der Waals surface area contributed by atoms with Crippen molar-refractivity contribution < 1.29 is 37.1 Å². The molecule has 12 heteroatoms. The van der Waals surface area contributed by atoms with Gasteiger partial charge >= 0.3 is 12.1 Å². The average Bonchev–Trinajstić information content (AvgIpc) is 3.65. The summed E-state index contributed by atoms with van der Waals surface area (Å²) in [5.41, 5.74) is 2.91. The van der Waals surface area contributed by atoms with Crippen LogP contribution in [-0.4, -0.2) is 53.3 Å². The number of likely N-dealkylation sites (tertiary alicyclic amines) is 1. The number of halogens is 5. The van der Waals surface area contributed by atoms with Gasteiger partial charge in [-0.05, 0) is 49.1 Å². The SMILES string of the molecule is NC(=C1CCN(C=O)CC1=NC(=O)c1c(Cl)cccc1C1(C(F)(F)F)CC1)c1ccc(C(=O)O)cc1F. The van der Waals surface area contributed by atoms with Gasteiger partial charge in [0.15, 0.2) is 0 Å². The quantitative estimate of drug-likeness (QED) is 0.428. The topological polar surface area (TPSA) is 113 Å².